The predicted octanol–water partition coefficient (Wildman–Crippen LogP) is 2.37. The van der Waals surface area contributed by atoms with Crippen LogP contribution in [0.5, 0.6) is 5.75 Å². The number of hydrogen-bond donors (Lipinski definition) is 3. The minimum atomic E-state index is -4.02. The largest absolute Gasteiger partial charge is 0.481 e. The highest BCUT2D eigenvalue weighted by Crippen LogP contribution is 2.33. The minimum absolute atomic E-state index is 0.00992. The summed E-state index contributed by atoms with van der Waals surface area (Å²) >= 11 is 1.15. The Morgan fingerprint density at radius 1 is 1.33 bits per heavy atom. The molecule has 0 spiro atoms. The van der Waals surface area contributed by atoms with Gasteiger partial charge in [0.2, 0.25) is 10.0 Å². The molecular weight excluding hydrogens is 388 g/mol. The molecule has 0 saturated carbocycles. The van der Waals surface area contributed by atoms with Crippen LogP contribution in [0.2, 0.25) is 0 Å². The molecule has 0 saturated heterocycles. The van der Waals surface area contributed by atoms with Crippen molar-refractivity contribution in [1.82, 2.24) is 10.2 Å². The molecule has 0 aliphatic rings. The van der Waals surface area contributed by atoms with Crippen molar-refractivity contribution < 1.29 is 23.2 Å². The van der Waals surface area contributed by atoms with Gasteiger partial charge in [-0.1, -0.05) is 26.7 Å². The van der Waals surface area contributed by atoms with Gasteiger partial charge in [0.05, 0.1) is 4.90 Å². The smallest absolute Gasteiger partial charge is 0.275 e. The second kappa shape index (κ2) is 10.6. The molecule has 1 aromatic rings. The van der Waals surface area contributed by atoms with Crippen LogP contribution in [0.25, 0.3) is 0 Å². The van der Waals surface area contributed by atoms with Gasteiger partial charge in [-0.15, -0.1) is 17.7 Å². The lowest BCUT2D eigenvalue weighted by molar-refractivity contribution is -0.133. The van der Waals surface area contributed by atoms with Gasteiger partial charge in [0.1, 0.15) is 12.4 Å². The number of benzene rings is 1. The maximum absolute atomic E-state index is 12.9. The molecule has 0 radical (unpaired) electrons. The third-order valence-electron chi connectivity index (χ3n) is 3.69. The molecule has 1 atom stereocenters. The molecule has 150 valence electrons. The normalized spacial score (nSPS) is 13.4. The number of thioether (sulfide) groups is 1. The molecular formula is C18H26N2O5S2. The van der Waals surface area contributed by atoms with Crippen LogP contribution in [-0.4, -0.2) is 36.8 Å². The van der Waals surface area contributed by atoms with Gasteiger partial charge in [-0.05, 0) is 49.3 Å². The predicted molar refractivity (Wildman–Crippen MR) is 106 cm³/mol. The summed E-state index contributed by atoms with van der Waals surface area (Å²) in [5.41, 5.74) is 1.59. The van der Waals surface area contributed by atoms with Gasteiger partial charge in [-0.2, -0.15) is 4.72 Å². The average Bonchev–Trinajstić information content (AvgIpc) is 2.64. The fourth-order valence-corrected chi connectivity index (χ4v) is 5.14. The van der Waals surface area contributed by atoms with E-state index >= 15 is 0 Å². The van der Waals surface area contributed by atoms with Crippen LogP contribution in [-0.2, 0) is 14.8 Å². The zero-order valence-corrected chi connectivity index (χ0v) is 17.5. The Balaban J connectivity index is 3.14. The van der Waals surface area contributed by atoms with Gasteiger partial charge in [0.15, 0.2) is 4.87 Å². The monoisotopic (exact) mass is 414 g/mol. The number of hydrogen-bond acceptors (Lipinski definition) is 6. The lowest BCUT2D eigenvalue weighted by Crippen LogP contribution is -2.59. The number of ether oxygens (including phenoxy) is 1. The quantitative estimate of drug-likeness (QED) is 0.235. The fourth-order valence-electron chi connectivity index (χ4n) is 2.20. The molecule has 0 heterocycles. The molecule has 7 nitrogen and oxygen atoms in total. The lowest BCUT2D eigenvalue weighted by Gasteiger charge is -2.35. The molecule has 0 aliphatic carbocycles. The first-order valence-corrected chi connectivity index (χ1v) is 10.9. The number of nitrogens with one attached hydrogen (secondary N) is 2. The lowest BCUT2D eigenvalue weighted by atomic mass is 10.0. The summed E-state index contributed by atoms with van der Waals surface area (Å²) in [5.74, 6) is 5.26. The Morgan fingerprint density at radius 2 is 1.96 bits per heavy atom. The Bertz CT molecular complexity index is 782. The minimum Gasteiger partial charge on any atom is -0.481 e. The van der Waals surface area contributed by atoms with E-state index in [1.165, 1.54) is 24.3 Å². The fraction of sp³-hybridized carbons (Fsp3) is 0.500. The van der Waals surface area contributed by atoms with Crippen molar-refractivity contribution in [2.24, 2.45) is 5.92 Å². The van der Waals surface area contributed by atoms with Crippen molar-refractivity contribution in [2.75, 3.05) is 12.4 Å². The van der Waals surface area contributed by atoms with Crippen molar-refractivity contribution in [3.63, 3.8) is 0 Å². The van der Waals surface area contributed by atoms with Crippen LogP contribution in [0.3, 0.4) is 0 Å². The van der Waals surface area contributed by atoms with Crippen molar-refractivity contribution in [2.45, 2.75) is 43.9 Å². The Morgan fingerprint density at radius 3 is 2.44 bits per heavy atom. The molecule has 27 heavy (non-hydrogen) atoms. The molecule has 1 rings (SSSR count). The Kier molecular flexibility index (Phi) is 9.12. The summed E-state index contributed by atoms with van der Waals surface area (Å²) in [7, 11) is -4.02. The zero-order chi connectivity index (χ0) is 20.5. The van der Waals surface area contributed by atoms with Gasteiger partial charge < -0.3 is 4.74 Å². The molecule has 0 aromatic heterocycles. The number of sulfonamides is 1. The van der Waals surface area contributed by atoms with Crippen LogP contribution in [0.1, 0.15) is 34.1 Å². The summed E-state index contributed by atoms with van der Waals surface area (Å²) in [6.07, 6.45) is 0.742. The van der Waals surface area contributed by atoms with Crippen LogP contribution < -0.4 is 14.9 Å². The summed E-state index contributed by atoms with van der Waals surface area (Å²) in [6, 6.07) is 5.83. The first kappa shape index (κ1) is 23.3. The second-order valence-corrected chi connectivity index (χ2v) is 9.00. The van der Waals surface area contributed by atoms with Crippen molar-refractivity contribution in [3.05, 3.63) is 24.3 Å². The van der Waals surface area contributed by atoms with Gasteiger partial charge in [0, 0.05) is 0 Å². The van der Waals surface area contributed by atoms with E-state index < -0.39 is 26.7 Å². The molecule has 1 aromatic carbocycles. The second-order valence-electron chi connectivity index (χ2n) is 5.97. The van der Waals surface area contributed by atoms with E-state index in [2.05, 4.69) is 16.6 Å². The van der Waals surface area contributed by atoms with E-state index in [1.807, 2.05) is 6.92 Å². The number of rotatable bonds is 10. The molecule has 0 fully saturated rings. The van der Waals surface area contributed by atoms with Crippen LogP contribution >= 0.6 is 11.8 Å². The molecule has 0 bridgehead atoms. The third kappa shape index (κ3) is 6.14. The first-order valence-electron chi connectivity index (χ1n) is 8.48. The van der Waals surface area contributed by atoms with E-state index in [0.29, 0.717) is 11.5 Å². The number of carbonyl (C=O) groups excluding carboxylic acids is 1. The Hall–Kier alpha value is -1.73. The van der Waals surface area contributed by atoms with E-state index in [9.17, 15) is 13.2 Å². The van der Waals surface area contributed by atoms with Crippen LogP contribution in [0.15, 0.2) is 29.2 Å². The van der Waals surface area contributed by atoms with Gasteiger partial charge in [0.25, 0.3) is 5.91 Å². The average molecular weight is 415 g/mol. The topological polar surface area (TPSA) is 105 Å². The van der Waals surface area contributed by atoms with E-state index in [-0.39, 0.29) is 11.5 Å². The Labute approximate surface area is 165 Å². The summed E-state index contributed by atoms with van der Waals surface area (Å²) in [4.78, 5) is 10.8. The first-order chi connectivity index (χ1) is 12.7. The third-order valence-corrected chi connectivity index (χ3v) is 7.13. The van der Waals surface area contributed by atoms with Gasteiger partial charge >= 0.3 is 0 Å². The van der Waals surface area contributed by atoms with Crippen LogP contribution in [0.4, 0.5) is 0 Å². The number of carbonyl (C=O) groups is 1. The number of amides is 1. The maximum atomic E-state index is 12.9. The molecule has 1 amide bonds. The number of hydroxylamine groups is 1. The van der Waals surface area contributed by atoms with Gasteiger partial charge in [-0.3, -0.25) is 10.0 Å². The van der Waals surface area contributed by atoms with Crippen molar-refractivity contribution >= 4 is 27.7 Å². The summed E-state index contributed by atoms with van der Waals surface area (Å²) in [6.45, 7) is 7.26. The van der Waals surface area contributed by atoms with Gasteiger partial charge in [-0.25, -0.2) is 13.9 Å². The molecule has 1 unspecified atom stereocenters. The highest BCUT2D eigenvalue weighted by molar-refractivity contribution is 8.02. The van der Waals surface area contributed by atoms with E-state index in [0.717, 1.165) is 18.2 Å². The van der Waals surface area contributed by atoms with Crippen LogP contribution in [0, 0.1) is 17.8 Å². The highest BCUT2D eigenvalue weighted by atomic mass is 32.2. The molecule has 0 aliphatic heterocycles. The molecule has 9 heteroatoms. The van der Waals surface area contributed by atoms with Crippen molar-refractivity contribution in [1.29, 1.82) is 0 Å². The van der Waals surface area contributed by atoms with Crippen molar-refractivity contribution in [3.8, 4) is 17.6 Å². The molecule has 3 N–H and O–H groups in total. The zero-order valence-electron chi connectivity index (χ0n) is 15.9. The maximum Gasteiger partial charge on any atom is 0.275 e. The SMILES string of the molecule is CC#CCOc1ccc(S(=O)(=O)NC(SCCC)(C(=O)NO)C(C)C)cc1. The van der Waals surface area contributed by atoms with E-state index in [1.54, 1.807) is 26.3 Å². The summed E-state index contributed by atoms with van der Waals surface area (Å²) < 4.78 is 33.6. The highest BCUT2D eigenvalue weighted by Gasteiger charge is 2.45. The summed E-state index contributed by atoms with van der Waals surface area (Å²) in [5, 5.41) is 9.15. The standard InChI is InChI=1S/C18H26N2O5S2/c1-5-7-12-25-15-8-10-16(11-9-15)27(23,24)20-18(14(3)4,17(21)19-22)26-13-6-2/h8-11,14,20,22H,6,12-13H2,1-4H3,(H,19,21). The van der Waals surface area contributed by atoms with E-state index in [4.69, 9.17) is 9.94 Å².